The molecule has 8 heteroatoms. The molecule has 1 heterocycles. The fraction of sp³-hybridized carbons (Fsp3) is 0.214. The Labute approximate surface area is 205 Å². The number of anilines is 2. The lowest BCUT2D eigenvalue weighted by atomic mass is 9.95. The van der Waals surface area contributed by atoms with Crippen LogP contribution >= 0.6 is 0 Å². The van der Waals surface area contributed by atoms with E-state index in [1.54, 1.807) is 24.3 Å². The molecule has 0 atom stereocenters. The van der Waals surface area contributed by atoms with Gasteiger partial charge in [0.25, 0.3) is 0 Å². The quantitative estimate of drug-likeness (QED) is 0.224. The minimum Gasteiger partial charge on any atom is -0.457 e. The monoisotopic (exact) mass is 495 g/mol. The van der Waals surface area contributed by atoms with Crippen molar-refractivity contribution in [2.75, 3.05) is 5.32 Å². The van der Waals surface area contributed by atoms with Crippen LogP contribution in [0.1, 0.15) is 52.4 Å². The van der Waals surface area contributed by atoms with E-state index in [1.807, 2.05) is 13.0 Å². The van der Waals surface area contributed by atoms with E-state index in [0.29, 0.717) is 16.5 Å². The highest BCUT2D eigenvalue weighted by Gasteiger charge is 2.30. The van der Waals surface area contributed by atoms with Crippen LogP contribution in [0.15, 0.2) is 75.9 Å². The van der Waals surface area contributed by atoms with E-state index in [0.717, 1.165) is 23.3 Å². The van der Waals surface area contributed by atoms with Gasteiger partial charge in [0, 0.05) is 22.7 Å². The maximum Gasteiger partial charge on any atom is 0.416 e. The number of ether oxygens (including phenoxy) is 1. The van der Waals surface area contributed by atoms with Gasteiger partial charge in [0.2, 0.25) is 0 Å². The van der Waals surface area contributed by atoms with Gasteiger partial charge in [-0.05, 0) is 66.4 Å². The van der Waals surface area contributed by atoms with Gasteiger partial charge in [-0.2, -0.15) is 13.2 Å². The lowest BCUT2D eigenvalue weighted by molar-refractivity contribution is -0.137. The van der Waals surface area contributed by atoms with E-state index in [2.05, 4.69) is 19.2 Å². The standard InChI is InChI=1S/C28H24F3NO4/c1-16(2)22-14-23-18(12-26(33)36-25(23)11-17(22)3)15-35-27(34)21-9-4-5-10-24(21)32-20-8-6-7-19(13-20)28(29,30)31/h4-14,16,32H,15H2,1-3H3. The fourth-order valence-electron chi connectivity index (χ4n) is 4.05. The molecule has 0 amide bonds. The van der Waals surface area contributed by atoms with Gasteiger partial charge in [-0.25, -0.2) is 9.59 Å². The molecule has 0 aliphatic rings. The molecule has 1 N–H and O–H groups in total. The summed E-state index contributed by atoms with van der Waals surface area (Å²) in [6.45, 7) is 5.87. The summed E-state index contributed by atoms with van der Waals surface area (Å²) in [5.74, 6) is -0.451. The summed E-state index contributed by atoms with van der Waals surface area (Å²) in [4.78, 5) is 25.1. The van der Waals surface area contributed by atoms with Crippen molar-refractivity contribution in [3.05, 3.63) is 105 Å². The molecule has 1 aromatic heterocycles. The van der Waals surface area contributed by atoms with Gasteiger partial charge in [0.15, 0.2) is 0 Å². The number of alkyl halides is 3. The maximum atomic E-state index is 13.1. The summed E-state index contributed by atoms with van der Waals surface area (Å²) in [6, 6.07) is 16.1. The minimum absolute atomic E-state index is 0.140. The molecular formula is C28H24F3NO4. The molecule has 0 radical (unpaired) electrons. The van der Waals surface area contributed by atoms with E-state index < -0.39 is 23.3 Å². The number of fused-ring (bicyclic) bond motifs is 1. The first-order valence-corrected chi connectivity index (χ1v) is 11.3. The van der Waals surface area contributed by atoms with Crippen molar-refractivity contribution in [1.29, 1.82) is 0 Å². The molecule has 0 spiro atoms. The Morgan fingerprint density at radius 3 is 2.50 bits per heavy atom. The first-order chi connectivity index (χ1) is 17.0. The summed E-state index contributed by atoms with van der Waals surface area (Å²) >= 11 is 0. The van der Waals surface area contributed by atoms with Crippen LogP contribution in [0.2, 0.25) is 0 Å². The van der Waals surface area contributed by atoms with E-state index in [4.69, 9.17) is 9.15 Å². The third-order valence-corrected chi connectivity index (χ3v) is 5.81. The van der Waals surface area contributed by atoms with Crippen LogP contribution < -0.4 is 10.9 Å². The number of nitrogens with one attached hydrogen (secondary N) is 1. The number of carbonyl (C=O) groups is 1. The fourth-order valence-corrected chi connectivity index (χ4v) is 4.05. The van der Waals surface area contributed by atoms with Crippen molar-refractivity contribution in [2.45, 2.75) is 39.5 Å². The molecule has 0 bridgehead atoms. The minimum atomic E-state index is -4.49. The van der Waals surface area contributed by atoms with Crippen LogP contribution in [-0.2, 0) is 17.5 Å². The van der Waals surface area contributed by atoms with Gasteiger partial charge < -0.3 is 14.5 Å². The summed E-state index contributed by atoms with van der Waals surface area (Å²) in [6.07, 6.45) is -4.49. The second kappa shape index (κ2) is 9.89. The first kappa shape index (κ1) is 25.0. The predicted molar refractivity (Wildman–Crippen MR) is 132 cm³/mol. The van der Waals surface area contributed by atoms with E-state index in [9.17, 15) is 22.8 Å². The van der Waals surface area contributed by atoms with Crippen molar-refractivity contribution in [1.82, 2.24) is 0 Å². The Morgan fingerprint density at radius 1 is 1.03 bits per heavy atom. The molecule has 4 aromatic rings. The smallest absolute Gasteiger partial charge is 0.416 e. The molecule has 186 valence electrons. The number of para-hydroxylation sites is 1. The van der Waals surface area contributed by atoms with Crippen LogP contribution in [0.4, 0.5) is 24.5 Å². The number of rotatable bonds is 6. The zero-order valence-corrected chi connectivity index (χ0v) is 19.9. The summed E-state index contributed by atoms with van der Waals surface area (Å²) in [5, 5.41) is 3.54. The molecule has 5 nitrogen and oxygen atoms in total. The average molecular weight is 495 g/mol. The molecule has 0 fully saturated rings. The topological polar surface area (TPSA) is 68.5 Å². The van der Waals surface area contributed by atoms with Gasteiger partial charge in [0.05, 0.1) is 16.8 Å². The van der Waals surface area contributed by atoms with Crippen LogP contribution in [0.25, 0.3) is 11.0 Å². The first-order valence-electron chi connectivity index (χ1n) is 11.3. The van der Waals surface area contributed by atoms with Crippen LogP contribution in [-0.4, -0.2) is 5.97 Å². The molecule has 0 saturated carbocycles. The Bertz CT molecular complexity index is 1490. The zero-order valence-electron chi connectivity index (χ0n) is 19.9. The Hall–Kier alpha value is -4.07. The molecule has 4 rings (SSSR count). The van der Waals surface area contributed by atoms with Crippen molar-refractivity contribution in [3.63, 3.8) is 0 Å². The molecular weight excluding hydrogens is 471 g/mol. The van der Waals surface area contributed by atoms with Gasteiger partial charge in [-0.15, -0.1) is 0 Å². The normalized spacial score (nSPS) is 11.6. The van der Waals surface area contributed by atoms with Crippen LogP contribution in [0.3, 0.4) is 0 Å². The molecule has 0 aliphatic carbocycles. The van der Waals surface area contributed by atoms with E-state index in [-0.39, 0.29) is 29.5 Å². The van der Waals surface area contributed by atoms with Gasteiger partial charge in [0.1, 0.15) is 12.2 Å². The molecule has 36 heavy (non-hydrogen) atoms. The van der Waals surface area contributed by atoms with Crippen LogP contribution in [0, 0.1) is 6.92 Å². The number of aryl methyl sites for hydroxylation is 1. The highest BCUT2D eigenvalue weighted by molar-refractivity contribution is 5.96. The Balaban J connectivity index is 1.60. The molecule has 0 unspecified atom stereocenters. The largest absolute Gasteiger partial charge is 0.457 e. The van der Waals surface area contributed by atoms with Crippen molar-refractivity contribution in [2.24, 2.45) is 0 Å². The van der Waals surface area contributed by atoms with Gasteiger partial charge >= 0.3 is 17.8 Å². The number of hydrogen-bond acceptors (Lipinski definition) is 5. The summed E-state index contributed by atoms with van der Waals surface area (Å²) < 4.78 is 50.1. The summed E-state index contributed by atoms with van der Waals surface area (Å²) in [5.41, 5.74) is 2.22. The predicted octanol–water partition coefficient (Wildman–Crippen LogP) is 7.34. The maximum absolute atomic E-state index is 13.1. The van der Waals surface area contributed by atoms with Crippen molar-refractivity contribution in [3.8, 4) is 0 Å². The summed E-state index contributed by atoms with van der Waals surface area (Å²) in [7, 11) is 0. The third-order valence-electron chi connectivity index (χ3n) is 5.81. The zero-order chi connectivity index (χ0) is 26.0. The van der Waals surface area contributed by atoms with E-state index in [1.165, 1.54) is 24.3 Å². The van der Waals surface area contributed by atoms with Gasteiger partial charge in [-0.1, -0.05) is 32.0 Å². The second-order valence-electron chi connectivity index (χ2n) is 8.78. The van der Waals surface area contributed by atoms with Crippen molar-refractivity contribution < 1.29 is 27.1 Å². The number of hydrogen-bond donors (Lipinski definition) is 1. The van der Waals surface area contributed by atoms with Crippen LogP contribution in [0.5, 0.6) is 0 Å². The molecule has 0 aliphatic heterocycles. The lowest BCUT2D eigenvalue weighted by Gasteiger charge is -2.15. The SMILES string of the molecule is Cc1cc2oc(=O)cc(COC(=O)c3ccccc3Nc3cccc(C(F)(F)F)c3)c2cc1C(C)C. The Kier molecular flexibility index (Phi) is 6.88. The number of carbonyl (C=O) groups excluding carboxylic acids is 1. The molecule has 3 aromatic carbocycles. The second-order valence-corrected chi connectivity index (χ2v) is 8.78. The highest BCUT2D eigenvalue weighted by atomic mass is 19.4. The van der Waals surface area contributed by atoms with Crippen molar-refractivity contribution >= 4 is 28.3 Å². The third kappa shape index (κ3) is 5.43. The van der Waals surface area contributed by atoms with Gasteiger partial charge in [-0.3, -0.25) is 0 Å². The van der Waals surface area contributed by atoms with E-state index >= 15 is 0 Å². The number of halogens is 3. The Morgan fingerprint density at radius 2 is 1.78 bits per heavy atom. The lowest BCUT2D eigenvalue weighted by Crippen LogP contribution is -2.10. The average Bonchev–Trinajstić information content (AvgIpc) is 2.81. The molecule has 0 saturated heterocycles. The number of benzene rings is 3. The highest BCUT2D eigenvalue weighted by Crippen LogP contribution is 2.32. The number of esters is 1.